The Labute approximate surface area is 95.7 Å². The monoisotopic (exact) mass is 271 g/mol. The molecule has 0 spiro atoms. The molecule has 0 radical (unpaired) electrons. The molecule has 1 N–H and O–H groups in total. The number of methoxy groups -OCH3 is 1. The predicted molar refractivity (Wildman–Crippen MR) is 58.9 cm³/mol. The van der Waals surface area contributed by atoms with E-state index in [1.807, 2.05) is 0 Å². The minimum absolute atomic E-state index is 0.0917. The second-order valence-electron chi connectivity index (χ2n) is 2.93. The van der Waals surface area contributed by atoms with E-state index in [9.17, 15) is 9.90 Å². The summed E-state index contributed by atoms with van der Waals surface area (Å²) >= 11 is 3.31. The van der Waals surface area contributed by atoms with Crippen LogP contribution in [-0.4, -0.2) is 18.3 Å². The zero-order valence-corrected chi connectivity index (χ0v) is 9.96. The lowest BCUT2D eigenvalue weighted by molar-refractivity contribution is 0.399. The van der Waals surface area contributed by atoms with E-state index in [0.29, 0.717) is 16.9 Å². The Balaban J connectivity index is 3.26. The highest BCUT2D eigenvalue weighted by atomic mass is 79.9. The minimum Gasteiger partial charge on any atom is -0.507 e. The van der Waals surface area contributed by atoms with Crippen molar-refractivity contribution >= 4 is 22.0 Å². The van der Waals surface area contributed by atoms with Gasteiger partial charge >= 0.3 is 0 Å². The third-order valence-corrected chi connectivity index (χ3v) is 2.62. The average molecular weight is 272 g/mol. The Bertz CT molecular complexity index is 425. The van der Waals surface area contributed by atoms with Gasteiger partial charge in [0.15, 0.2) is 0 Å². The van der Waals surface area contributed by atoms with E-state index in [4.69, 9.17) is 4.74 Å². The molecule has 0 aliphatic rings. The quantitative estimate of drug-likeness (QED) is 0.678. The van der Waals surface area contributed by atoms with Crippen molar-refractivity contribution in [1.29, 1.82) is 0 Å². The number of ether oxygens (including phenoxy) is 1. The van der Waals surface area contributed by atoms with Gasteiger partial charge in [0.2, 0.25) is 6.08 Å². The summed E-state index contributed by atoms with van der Waals surface area (Å²) in [6, 6.07) is 1.67. The largest absolute Gasteiger partial charge is 0.507 e. The van der Waals surface area contributed by atoms with E-state index in [-0.39, 0.29) is 12.3 Å². The normalized spacial score (nSPS) is 9.53. The van der Waals surface area contributed by atoms with Gasteiger partial charge in [-0.3, -0.25) is 0 Å². The Hall–Kier alpha value is -1.32. The highest BCUT2D eigenvalue weighted by molar-refractivity contribution is 9.10. The van der Waals surface area contributed by atoms with E-state index < -0.39 is 0 Å². The van der Waals surface area contributed by atoms with Gasteiger partial charge in [-0.25, -0.2) is 9.79 Å². The molecule has 4 nitrogen and oxygen atoms in total. The fourth-order valence-electron chi connectivity index (χ4n) is 1.30. The van der Waals surface area contributed by atoms with Crippen molar-refractivity contribution in [2.45, 2.75) is 13.5 Å². The number of carbonyl (C=O) groups excluding carboxylic acids is 1. The smallest absolute Gasteiger partial charge is 0.235 e. The van der Waals surface area contributed by atoms with Gasteiger partial charge < -0.3 is 9.84 Å². The van der Waals surface area contributed by atoms with E-state index in [2.05, 4.69) is 20.9 Å². The number of aromatic hydroxyl groups is 1. The first-order valence-corrected chi connectivity index (χ1v) is 4.99. The SMILES string of the molecule is COc1c(Br)cc(CN=C=O)c(O)c1C. The molecule has 0 aliphatic heterocycles. The maximum Gasteiger partial charge on any atom is 0.235 e. The standard InChI is InChI=1S/C10H10BrNO3/c1-6-9(14)7(4-12-5-13)3-8(11)10(6)15-2/h3,14H,4H2,1-2H3. The van der Waals surface area contributed by atoms with Crippen LogP contribution in [0.1, 0.15) is 11.1 Å². The number of hydrogen-bond donors (Lipinski definition) is 1. The lowest BCUT2D eigenvalue weighted by atomic mass is 10.1. The molecule has 0 saturated carbocycles. The van der Waals surface area contributed by atoms with Crippen molar-refractivity contribution in [2.75, 3.05) is 7.11 Å². The summed E-state index contributed by atoms with van der Waals surface area (Å²) in [4.78, 5) is 13.4. The second-order valence-corrected chi connectivity index (χ2v) is 3.79. The molecule has 0 atom stereocenters. The van der Waals surface area contributed by atoms with Gasteiger partial charge in [0, 0.05) is 11.1 Å². The van der Waals surface area contributed by atoms with Crippen LogP contribution in [0.2, 0.25) is 0 Å². The third kappa shape index (κ3) is 2.37. The van der Waals surface area contributed by atoms with Crippen LogP contribution in [0, 0.1) is 6.92 Å². The van der Waals surface area contributed by atoms with Crippen LogP contribution in [0.25, 0.3) is 0 Å². The summed E-state index contributed by atoms with van der Waals surface area (Å²) in [7, 11) is 1.52. The predicted octanol–water partition coefficient (Wildman–Crippen LogP) is 2.31. The molecule has 0 unspecified atom stereocenters. The average Bonchev–Trinajstić information content (AvgIpc) is 2.22. The zero-order valence-electron chi connectivity index (χ0n) is 8.37. The molecule has 0 aromatic heterocycles. The van der Waals surface area contributed by atoms with Crippen molar-refractivity contribution in [3.05, 3.63) is 21.7 Å². The summed E-state index contributed by atoms with van der Waals surface area (Å²) in [5, 5.41) is 9.77. The molecule has 1 aromatic carbocycles. The maximum absolute atomic E-state index is 9.97. The first kappa shape index (κ1) is 11.8. The van der Waals surface area contributed by atoms with Crippen molar-refractivity contribution in [2.24, 2.45) is 4.99 Å². The summed E-state index contributed by atoms with van der Waals surface area (Å²) in [5.41, 5.74) is 1.17. The summed E-state index contributed by atoms with van der Waals surface area (Å²) in [6.07, 6.45) is 1.43. The molecule has 0 aliphatic carbocycles. The molecule has 80 valence electrons. The fourth-order valence-corrected chi connectivity index (χ4v) is 2.04. The summed E-state index contributed by atoms with van der Waals surface area (Å²) in [6.45, 7) is 1.84. The van der Waals surface area contributed by atoms with Gasteiger partial charge in [0.25, 0.3) is 0 Å². The van der Waals surface area contributed by atoms with Crippen molar-refractivity contribution in [1.82, 2.24) is 0 Å². The number of phenols is 1. The fraction of sp³-hybridized carbons (Fsp3) is 0.300. The van der Waals surface area contributed by atoms with Gasteiger partial charge in [0.05, 0.1) is 18.1 Å². The first-order valence-electron chi connectivity index (χ1n) is 4.20. The summed E-state index contributed by atoms with van der Waals surface area (Å²) < 4.78 is 5.82. The van der Waals surface area contributed by atoms with E-state index in [0.717, 1.165) is 4.47 Å². The van der Waals surface area contributed by atoms with Crippen molar-refractivity contribution < 1.29 is 14.6 Å². The number of nitrogens with zero attached hydrogens (tertiary/aromatic N) is 1. The van der Waals surface area contributed by atoms with E-state index in [1.165, 1.54) is 13.2 Å². The van der Waals surface area contributed by atoms with Crippen LogP contribution in [0.4, 0.5) is 0 Å². The number of isocyanates is 1. The number of hydrogen-bond acceptors (Lipinski definition) is 4. The molecular weight excluding hydrogens is 262 g/mol. The molecule has 15 heavy (non-hydrogen) atoms. The highest BCUT2D eigenvalue weighted by Crippen LogP contribution is 2.37. The van der Waals surface area contributed by atoms with Crippen LogP contribution >= 0.6 is 15.9 Å². The van der Waals surface area contributed by atoms with Crippen LogP contribution in [0.15, 0.2) is 15.5 Å². The molecule has 0 heterocycles. The minimum atomic E-state index is 0.0917. The maximum atomic E-state index is 9.97. The molecule has 1 rings (SSSR count). The number of phenolic OH excluding ortho intramolecular Hbond substituents is 1. The number of benzene rings is 1. The lowest BCUT2D eigenvalue weighted by Crippen LogP contribution is -1.93. The van der Waals surface area contributed by atoms with Crippen LogP contribution in [-0.2, 0) is 11.3 Å². The van der Waals surface area contributed by atoms with Gasteiger partial charge in [-0.05, 0) is 28.9 Å². The molecule has 0 fully saturated rings. The zero-order chi connectivity index (χ0) is 11.4. The van der Waals surface area contributed by atoms with Gasteiger partial charge in [-0.2, -0.15) is 0 Å². The number of halogens is 1. The second kappa shape index (κ2) is 4.96. The molecule has 0 amide bonds. The topological polar surface area (TPSA) is 58.9 Å². The Morgan fingerprint density at radius 3 is 2.87 bits per heavy atom. The molecular formula is C10H10BrNO3. The Morgan fingerprint density at radius 2 is 2.33 bits per heavy atom. The number of aliphatic imine (C=N–C) groups is 1. The highest BCUT2D eigenvalue weighted by Gasteiger charge is 2.13. The molecule has 5 heteroatoms. The van der Waals surface area contributed by atoms with Crippen molar-refractivity contribution in [3.8, 4) is 11.5 Å². The first-order chi connectivity index (χ1) is 7.11. The number of rotatable bonds is 3. The Kier molecular flexibility index (Phi) is 3.88. The third-order valence-electron chi connectivity index (χ3n) is 2.04. The molecule has 0 bridgehead atoms. The summed E-state index contributed by atoms with van der Waals surface area (Å²) in [5.74, 6) is 0.667. The van der Waals surface area contributed by atoms with Crippen LogP contribution in [0.3, 0.4) is 0 Å². The molecule has 1 aromatic rings. The van der Waals surface area contributed by atoms with Crippen LogP contribution in [0.5, 0.6) is 11.5 Å². The van der Waals surface area contributed by atoms with E-state index >= 15 is 0 Å². The van der Waals surface area contributed by atoms with Gasteiger partial charge in [0.1, 0.15) is 11.5 Å². The van der Waals surface area contributed by atoms with Gasteiger partial charge in [-0.1, -0.05) is 0 Å². The lowest BCUT2D eigenvalue weighted by Gasteiger charge is -2.11. The van der Waals surface area contributed by atoms with Crippen LogP contribution < -0.4 is 4.74 Å². The van der Waals surface area contributed by atoms with Gasteiger partial charge in [-0.15, -0.1) is 0 Å². The van der Waals surface area contributed by atoms with E-state index in [1.54, 1.807) is 13.0 Å². The Morgan fingerprint density at radius 1 is 1.67 bits per heavy atom. The molecule has 0 saturated heterocycles. The van der Waals surface area contributed by atoms with Crippen molar-refractivity contribution in [3.63, 3.8) is 0 Å².